The SMILES string of the molecule is Cn1c(-c2ccncc2)c(/C=C/C(=O)O)c2cccnc21. The van der Waals surface area contributed by atoms with Crippen LogP contribution in [0.5, 0.6) is 0 Å². The number of carboxylic acids is 1. The summed E-state index contributed by atoms with van der Waals surface area (Å²) in [7, 11) is 1.92. The summed E-state index contributed by atoms with van der Waals surface area (Å²) in [5.41, 5.74) is 3.54. The molecule has 0 saturated heterocycles. The monoisotopic (exact) mass is 279 g/mol. The van der Waals surface area contributed by atoms with Gasteiger partial charge in [-0.2, -0.15) is 0 Å². The Morgan fingerprint density at radius 2 is 2.00 bits per heavy atom. The Morgan fingerprint density at radius 3 is 2.71 bits per heavy atom. The molecule has 5 heteroatoms. The number of pyridine rings is 2. The Bertz CT molecular complexity index is 835. The van der Waals surface area contributed by atoms with Gasteiger partial charge in [0, 0.05) is 48.2 Å². The zero-order valence-electron chi connectivity index (χ0n) is 11.4. The van der Waals surface area contributed by atoms with E-state index in [0.717, 1.165) is 33.9 Å². The molecule has 104 valence electrons. The first-order chi connectivity index (χ1) is 10.2. The number of hydrogen-bond donors (Lipinski definition) is 1. The van der Waals surface area contributed by atoms with Gasteiger partial charge in [-0.1, -0.05) is 0 Å². The van der Waals surface area contributed by atoms with Gasteiger partial charge in [-0.3, -0.25) is 4.98 Å². The summed E-state index contributed by atoms with van der Waals surface area (Å²) < 4.78 is 1.96. The highest BCUT2D eigenvalue weighted by Gasteiger charge is 2.15. The van der Waals surface area contributed by atoms with Crippen molar-refractivity contribution in [1.82, 2.24) is 14.5 Å². The van der Waals surface area contributed by atoms with Crippen LogP contribution in [0, 0.1) is 0 Å². The van der Waals surface area contributed by atoms with Crippen molar-refractivity contribution in [1.29, 1.82) is 0 Å². The highest BCUT2D eigenvalue weighted by atomic mass is 16.4. The fourth-order valence-corrected chi connectivity index (χ4v) is 2.47. The first-order valence-electron chi connectivity index (χ1n) is 6.43. The van der Waals surface area contributed by atoms with Crippen molar-refractivity contribution in [2.75, 3.05) is 0 Å². The van der Waals surface area contributed by atoms with Crippen molar-refractivity contribution in [3.8, 4) is 11.3 Å². The molecule has 0 aliphatic rings. The molecule has 0 saturated carbocycles. The van der Waals surface area contributed by atoms with Gasteiger partial charge in [-0.15, -0.1) is 0 Å². The lowest BCUT2D eigenvalue weighted by molar-refractivity contribution is -0.131. The molecular formula is C16H13N3O2. The molecule has 21 heavy (non-hydrogen) atoms. The maximum absolute atomic E-state index is 10.8. The van der Waals surface area contributed by atoms with Crippen LogP contribution in [-0.4, -0.2) is 25.6 Å². The van der Waals surface area contributed by atoms with E-state index >= 15 is 0 Å². The normalized spacial score (nSPS) is 11.3. The standard InChI is InChI=1S/C16H13N3O2/c1-19-15(11-6-9-17-10-7-11)12(4-5-14(20)21)13-3-2-8-18-16(13)19/h2-10H,1H3,(H,20,21)/b5-4+. The van der Waals surface area contributed by atoms with E-state index < -0.39 is 5.97 Å². The highest BCUT2D eigenvalue weighted by Crippen LogP contribution is 2.32. The maximum atomic E-state index is 10.8. The highest BCUT2D eigenvalue weighted by molar-refractivity contribution is 5.98. The Morgan fingerprint density at radius 1 is 1.24 bits per heavy atom. The molecule has 0 fully saturated rings. The van der Waals surface area contributed by atoms with Gasteiger partial charge >= 0.3 is 5.97 Å². The molecule has 0 aliphatic carbocycles. The Kier molecular flexibility index (Phi) is 3.23. The van der Waals surface area contributed by atoms with Crippen LogP contribution in [0.2, 0.25) is 0 Å². The minimum atomic E-state index is -0.975. The number of nitrogens with zero attached hydrogens (tertiary/aromatic N) is 3. The fraction of sp³-hybridized carbons (Fsp3) is 0.0625. The van der Waals surface area contributed by atoms with Gasteiger partial charge < -0.3 is 9.67 Å². The molecule has 0 aliphatic heterocycles. The molecule has 3 aromatic heterocycles. The molecule has 3 rings (SSSR count). The third-order valence-corrected chi connectivity index (χ3v) is 3.33. The van der Waals surface area contributed by atoms with E-state index in [2.05, 4.69) is 9.97 Å². The van der Waals surface area contributed by atoms with Crippen molar-refractivity contribution in [2.45, 2.75) is 0 Å². The molecule has 1 N–H and O–H groups in total. The summed E-state index contributed by atoms with van der Waals surface area (Å²) in [6.45, 7) is 0. The minimum absolute atomic E-state index is 0.814. The molecule has 0 atom stereocenters. The van der Waals surface area contributed by atoms with E-state index in [1.165, 1.54) is 0 Å². The van der Waals surface area contributed by atoms with Crippen LogP contribution in [0.1, 0.15) is 5.56 Å². The molecule has 3 heterocycles. The number of hydrogen-bond acceptors (Lipinski definition) is 3. The van der Waals surface area contributed by atoms with Gasteiger partial charge in [0.15, 0.2) is 0 Å². The number of fused-ring (bicyclic) bond motifs is 1. The average Bonchev–Trinajstić information content (AvgIpc) is 2.79. The van der Waals surface area contributed by atoms with Crippen molar-refractivity contribution >= 4 is 23.1 Å². The number of aliphatic carboxylic acids is 1. The minimum Gasteiger partial charge on any atom is -0.478 e. The lowest BCUT2D eigenvalue weighted by Gasteiger charge is -2.05. The third kappa shape index (κ3) is 2.29. The number of rotatable bonds is 3. The van der Waals surface area contributed by atoms with Crippen LogP contribution >= 0.6 is 0 Å². The van der Waals surface area contributed by atoms with Gasteiger partial charge in [-0.25, -0.2) is 9.78 Å². The summed E-state index contributed by atoms with van der Waals surface area (Å²) in [6.07, 6.45) is 7.91. The number of carboxylic acid groups (broad SMARTS) is 1. The molecule has 0 radical (unpaired) electrons. The van der Waals surface area contributed by atoms with Gasteiger partial charge in [0.05, 0.1) is 5.69 Å². The van der Waals surface area contributed by atoms with Crippen molar-refractivity contribution in [3.05, 3.63) is 54.5 Å². The summed E-state index contributed by atoms with van der Waals surface area (Å²) in [4.78, 5) is 19.2. The molecule has 0 spiro atoms. The van der Waals surface area contributed by atoms with Gasteiger partial charge in [0.2, 0.25) is 0 Å². The Balaban J connectivity index is 2.34. The average molecular weight is 279 g/mol. The zero-order valence-corrected chi connectivity index (χ0v) is 11.4. The predicted octanol–water partition coefficient (Wildman–Crippen LogP) is 2.73. The lowest BCUT2D eigenvalue weighted by Crippen LogP contribution is -1.94. The maximum Gasteiger partial charge on any atom is 0.328 e. The molecule has 3 aromatic rings. The lowest BCUT2D eigenvalue weighted by atomic mass is 10.1. The van der Waals surface area contributed by atoms with E-state index in [9.17, 15) is 4.79 Å². The smallest absolute Gasteiger partial charge is 0.328 e. The number of aryl methyl sites for hydroxylation is 1. The van der Waals surface area contributed by atoms with E-state index in [1.54, 1.807) is 24.7 Å². The summed E-state index contributed by atoms with van der Waals surface area (Å²) in [5.74, 6) is -0.975. The fourth-order valence-electron chi connectivity index (χ4n) is 2.47. The van der Waals surface area contributed by atoms with Crippen molar-refractivity contribution in [2.24, 2.45) is 7.05 Å². The first-order valence-corrected chi connectivity index (χ1v) is 6.43. The number of carbonyl (C=O) groups is 1. The van der Waals surface area contributed by atoms with Crippen LogP contribution in [0.3, 0.4) is 0 Å². The summed E-state index contributed by atoms with van der Waals surface area (Å²) in [5, 5.41) is 9.82. The summed E-state index contributed by atoms with van der Waals surface area (Å²) in [6, 6.07) is 7.57. The first kappa shape index (κ1) is 13.1. The van der Waals surface area contributed by atoms with Crippen LogP contribution in [0.25, 0.3) is 28.4 Å². The van der Waals surface area contributed by atoms with Crippen molar-refractivity contribution < 1.29 is 9.90 Å². The molecule has 5 nitrogen and oxygen atoms in total. The molecule has 0 bridgehead atoms. The second-order valence-electron chi connectivity index (χ2n) is 4.60. The third-order valence-electron chi connectivity index (χ3n) is 3.33. The largest absolute Gasteiger partial charge is 0.478 e. The van der Waals surface area contributed by atoms with Crippen molar-refractivity contribution in [3.63, 3.8) is 0 Å². The molecule has 0 unspecified atom stereocenters. The Hall–Kier alpha value is -2.95. The van der Waals surface area contributed by atoms with Gasteiger partial charge in [0.25, 0.3) is 0 Å². The van der Waals surface area contributed by atoms with E-state index in [1.807, 2.05) is 35.9 Å². The molecule has 0 aromatic carbocycles. The van der Waals surface area contributed by atoms with E-state index in [4.69, 9.17) is 5.11 Å². The quantitative estimate of drug-likeness (QED) is 0.748. The van der Waals surface area contributed by atoms with E-state index in [-0.39, 0.29) is 0 Å². The van der Waals surface area contributed by atoms with E-state index in [0.29, 0.717) is 0 Å². The van der Waals surface area contributed by atoms with Crippen LogP contribution in [-0.2, 0) is 11.8 Å². The topological polar surface area (TPSA) is 68.0 Å². The summed E-state index contributed by atoms with van der Waals surface area (Å²) >= 11 is 0. The zero-order chi connectivity index (χ0) is 14.8. The molecule has 0 amide bonds. The second-order valence-corrected chi connectivity index (χ2v) is 4.60. The second kappa shape index (κ2) is 5.20. The molecular weight excluding hydrogens is 266 g/mol. The van der Waals surface area contributed by atoms with Gasteiger partial charge in [0.1, 0.15) is 5.65 Å². The number of aromatic nitrogens is 3. The Labute approximate surface area is 121 Å². The van der Waals surface area contributed by atoms with Crippen LogP contribution in [0.15, 0.2) is 48.9 Å². The van der Waals surface area contributed by atoms with Gasteiger partial charge in [-0.05, 0) is 30.3 Å². The van der Waals surface area contributed by atoms with Crippen LogP contribution in [0.4, 0.5) is 0 Å². The van der Waals surface area contributed by atoms with Crippen LogP contribution < -0.4 is 0 Å². The predicted molar refractivity (Wildman–Crippen MR) is 80.6 cm³/mol.